The summed E-state index contributed by atoms with van der Waals surface area (Å²) in [4.78, 5) is 11.0. The molecule has 27 heavy (non-hydrogen) atoms. The molecule has 3 rings (SSSR count). The smallest absolute Gasteiger partial charge is 0.191 e. The molecule has 148 valence electrons. The fourth-order valence-electron chi connectivity index (χ4n) is 3.37. The van der Waals surface area contributed by atoms with Gasteiger partial charge < -0.3 is 20.4 Å². The summed E-state index contributed by atoms with van der Waals surface area (Å²) in [7, 11) is 4.25. The Morgan fingerprint density at radius 3 is 2.56 bits per heavy atom. The van der Waals surface area contributed by atoms with Gasteiger partial charge in [-0.1, -0.05) is 6.07 Å². The van der Waals surface area contributed by atoms with Gasteiger partial charge >= 0.3 is 0 Å². The van der Waals surface area contributed by atoms with Crippen molar-refractivity contribution in [3.63, 3.8) is 0 Å². The third-order valence-corrected chi connectivity index (χ3v) is 6.82. The monoisotopic (exact) mass is 405 g/mol. The Labute approximate surface area is 171 Å². The number of aliphatic imine (C=N–C) groups is 1. The van der Waals surface area contributed by atoms with Crippen molar-refractivity contribution in [2.75, 3.05) is 45.2 Å². The number of guanidine groups is 1. The molecule has 2 aromatic rings. The minimum atomic E-state index is 0.320. The maximum absolute atomic E-state index is 4.90. The molecule has 2 N–H and O–H groups in total. The first-order valence-corrected chi connectivity index (χ1v) is 11.5. The molecule has 0 bridgehead atoms. The first-order chi connectivity index (χ1) is 13.2. The number of piperidine rings is 1. The first kappa shape index (κ1) is 20.2. The quantitative estimate of drug-likeness (QED) is 0.545. The molecule has 7 heteroatoms. The van der Waals surface area contributed by atoms with E-state index >= 15 is 0 Å². The van der Waals surface area contributed by atoms with Crippen LogP contribution in [0, 0.1) is 0 Å². The highest BCUT2D eigenvalue weighted by Gasteiger charge is 2.21. The molecule has 1 unspecified atom stereocenters. The summed E-state index contributed by atoms with van der Waals surface area (Å²) < 4.78 is 0. The molecule has 1 fully saturated rings. The summed E-state index contributed by atoms with van der Waals surface area (Å²) in [5, 5.41) is 12.8. The molecule has 1 aliphatic heterocycles. The standard InChI is InChI=1S/C20H31N5S2/c1-4-21-20(22-15-17(24(2)3)18-7-5-13-26-18)23-16-9-11-25(12-10-16)19-8-6-14-27-19/h5-8,13-14,16-17H,4,9-12,15H2,1-3H3,(H2,21,22,23). The van der Waals surface area contributed by atoms with Gasteiger partial charge in [-0.15, -0.1) is 22.7 Å². The Bertz CT molecular complexity index is 673. The van der Waals surface area contributed by atoms with Gasteiger partial charge in [0.1, 0.15) is 0 Å². The van der Waals surface area contributed by atoms with Gasteiger partial charge in [0.2, 0.25) is 0 Å². The molecular weight excluding hydrogens is 374 g/mol. The molecule has 2 aromatic heterocycles. The molecule has 0 amide bonds. The zero-order valence-electron chi connectivity index (χ0n) is 16.5. The number of rotatable bonds is 7. The molecular formula is C20H31N5S2. The van der Waals surface area contributed by atoms with Crippen molar-refractivity contribution in [1.82, 2.24) is 15.5 Å². The normalized spacial score (nSPS) is 17.3. The van der Waals surface area contributed by atoms with Crippen LogP contribution in [0.5, 0.6) is 0 Å². The van der Waals surface area contributed by atoms with Crippen molar-refractivity contribution in [2.24, 2.45) is 4.99 Å². The number of nitrogens with zero attached hydrogens (tertiary/aromatic N) is 3. The second-order valence-electron chi connectivity index (χ2n) is 7.07. The lowest BCUT2D eigenvalue weighted by Gasteiger charge is -2.33. The van der Waals surface area contributed by atoms with Gasteiger partial charge in [-0.05, 0) is 62.8 Å². The summed E-state index contributed by atoms with van der Waals surface area (Å²) in [5.41, 5.74) is 0. The predicted molar refractivity (Wildman–Crippen MR) is 119 cm³/mol. The number of hydrogen-bond acceptors (Lipinski definition) is 5. The minimum Gasteiger partial charge on any atom is -0.363 e. The van der Waals surface area contributed by atoms with E-state index in [0.29, 0.717) is 12.1 Å². The highest BCUT2D eigenvalue weighted by molar-refractivity contribution is 7.14. The average Bonchev–Trinajstić information content (AvgIpc) is 3.36. The van der Waals surface area contributed by atoms with E-state index in [2.05, 4.69) is 76.5 Å². The molecule has 1 atom stereocenters. The van der Waals surface area contributed by atoms with E-state index in [9.17, 15) is 0 Å². The maximum atomic E-state index is 4.90. The highest BCUT2D eigenvalue weighted by Crippen LogP contribution is 2.25. The SMILES string of the molecule is CCNC(=NCC(c1cccs1)N(C)C)NC1CCN(c2cccs2)CC1. The van der Waals surface area contributed by atoms with E-state index in [1.807, 2.05) is 11.3 Å². The van der Waals surface area contributed by atoms with Crippen LogP contribution in [0.15, 0.2) is 40.0 Å². The second-order valence-corrected chi connectivity index (χ2v) is 8.98. The van der Waals surface area contributed by atoms with E-state index < -0.39 is 0 Å². The second kappa shape index (κ2) is 10.1. The molecule has 1 saturated heterocycles. The predicted octanol–water partition coefficient (Wildman–Crippen LogP) is 3.64. The van der Waals surface area contributed by atoms with Crippen molar-refractivity contribution in [3.05, 3.63) is 39.9 Å². The van der Waals surface area contributed by atoms with Gasteiger partial charge in [-0.25, -0.2) is 0 Å². The average molecular weight is 406 g/mol. The molecule has 1 aliphatic rings. The van der Waals surface area contributed by atoms with Crippen LogP contribution in [0.1, 0.15) is 30.7 Å². The largest absolute Gasteiger partial charge is 0.363 e. The fourth-order valence-corrected chi connectivity index (χ4v) is 5.07. The number of thiophene rings is 2. The van der Waals surface area contributed by atoms with E-state index in [1.165, 1.54) is 9.88 Å². The Balaban J connectivity index is 1.56. The molecule has 0 saturated carbocycles. The van der Waals surface area contributed by atoms with Crippen LogP contribution >= 0.6 is 22.7 Å². The fraction of sp³-hybridized carbons (Fsp3) is 0.550. The number of anilines is 1. The summed E-state index contributed by atoms with van der Waals surface area (Å²) >= 11 is 3.63. The van der Waals surface area contributed by atoms with E-state index in [4.69, 9.17) is 4.99 Å². The van der Waals surface area contributed by atoms with Crippen LogP contribution in [0.25, 0.3) is 0 Å². The molecule has 0 spiro atoms. The van der Waals surface area contributed by atoms with Gasteiger partial charge in [0, 0.05) is 30.6 Å². The molecule has 5 nitrogen and oxygen atoms in total. The number of likely N-dealkylation sites (N-methyl/N-ethyl adjacent to an activating group) is 1. The van der Waals surface area contributed by atoms with Gasteiger partial charge in [0.05, 0.1) is 17.6 Å². The summed E-state index contributed by atoms with van der Waals surface area (Å²) in [5.74, 6) is 0.940. The van der Waals surface area contributed by atoms with Crippen LogP contribution < -0.4 is 15.5 Å². The van der Waals surface area contributed by atoms with Crippen molar-refractivity contribution < 1.29 is 0 Å². The lowest BCUT2D eigenvalue weighted by molar-refractivity contribution is 0.310. The topological polar surface area (TPSA) is 42.9 Å². The zero-order chi connectivity index (χ0) is 19.1. The van der Waals surface area contributed by atoms with Crippen molar-refractivity contribution in [2.45, 2.75) is 31.8 Å². The van der Waals surface area contributed by atoms with Crippen LogP contribution in [-0.4, -0.2) is 57.2 Å². The number of hydrogen-bond donors (Lipinski definition) is 2. The molecule has 0 aliphatic carbocycles. The summed E-state index contributed by atoms with van der Waals surface area (Å²) in [6, 6.07) is 9.47. The van der Waals surface area contributed by atoms with Gasteiger partial charge in [0.15, 0.2) is 5.96 Å². The summed E-state index contributed by atoms with van der Waals surface area (Å²) in [6.07, 6.45) is 2.29. The third-order valence-electron chi connectivity index (χ3n) is 4.92. The van der Waals surface area contributed by atoms with Gasteiger partial charge in [-0.3, -0.25) is 4.99 Å². The van der Waals surface area contributed by atoms with Crippen molar-refractivity contribution in [3.8, 4) is 0 Å². The van der Waals surface area contributed by atoms with Crippen LogP contribution in [0.4, 0.5) is 5.00 Å². The van der Waals surface area contributed by atoms with Crippen molar-refractivity contribution in [1.29, 1.82) is 0 Å². The Morgan fingerprint density at radius 2 is 1.96 bits per heavy atom. The van der Waals surface area contributed by atoms with E-state index in [1.54, 1.807) is 11.3 Å². The summed E-state index contributed by atoms with van der Waals surface area (Å²) in [6.45, 7) is 5.97. The number of nitrogens with one attached hydrogen (secondary N) is 2. The maximum Gasteiger partial charge on any atom is 0.191 e. The van der Waals surface area contributed by atoms with E-state index in [-0.39, 0.29) is 0 Å². The van der Waals surface area contributed by atoms with Crippen LogP contribution in [0.2, 0.25) is 0 Å². The Morgan fingerprint density at radius 1 is 1.22 bits per heavy atom. The first-order valence-electron chi connectivity index (χ1n) is 9.70. The Hall–Kier alpha value is -1.57. The highest BCUT2D eigenvalue weighted by atomic mass is 32.1. The lowest BCUT2D eigenvalue weighted by atomic mass is 10.1. The van der Waals surface area contributed by atoms with E-state index in [0.717, 1.165) is 45.0 Å². The zero-order valence-corrected chi connectivity index (χ0v) is 18.2. The Kier molecular flexibility index (Phi) is 7.55. The van der Waals surface area contributed by atoms with Gasteiger partial charge in [0.25, 0.3) is 0 Å². The molecule has 3 heterocycles. The lowest BCUT2D eigenvalue weighted by Crippen LogP contribution is -2.48. The third kappa shape index (κ3) is 5.70. The van der Waals surface area contributed by atoms with Gasteiger partial charge in [-0.2, -0.15) is 0 Å². The van der Waals surface area contributed by atoms with Crippen LogP contribution in [0.3, 0.4) is 0 Å². The van der Waals surface area contributed by atoms with Crippen LogP contribution in [-0.2, 0) is 0 Å². The van der Waals surface area contributed by atoms with Crippen molar-refractivity contribution >= 4 is 33.6 Å². The molecule has 0 radical (unpaired) electrons. The minimum absolute atomic E-state index is 0.320. The molecule has 0 aromatic carbocycles.